The molecule has 7 heteroatoms. The minimum absolute atomic E-state index is 0.0420. The zero-order valence-corrected chi connectivity index (χ0v) is 11.7. The number of aliphatic carboxylic acids is 1. The first kappa shape index (κ1) is 16.4. The van der Waals surface area contributed by atoms with Gasteiger partial charge in [0.25, 0.3) is 0 Å². The van der Waals surface area contributed by atoms with Gasteiger partial charge in [0.2, 0.25) is 11.8 Å². The van der Waals surface area contributed by atoms with Crippen molar-refractivity contribution in [2.24, 2.45) is 11.8 Å². The number of amides is 2. The van der Waals surface area contributed by atoms with Crippen LogP contribution in [0.25, 0.3) is 0 Å². The Hall–Kier alpha value is -1.63. The molecule has 0 spiro atoms. The number of carboxylic acids is 1. The molecule has 3 N–H and O–H groups in total. The number of carbonyl (C=O) groups excluding carboxylic acids is 2. The highest BCUT2D eigenvalue weighted by Crippen LogP contribution is 2.19. The van der Waals surface area contributed by atoms with E-state index in [4.69, 9.17) is 10.2 Å². The SMILES string of the molecule is CC(C(=O)O)C(=O)N1CCC(C(=O)NCCCO)CC1. The number of aliphatic hydroxyl groups is 1. The van der Waals surface area contributed by atoms with Gasteiger partial charge in [0.05, 0.1) is 0 Å². The van der Waals surface area contributed by atoms with E-state index in [1.54, 1.807) is 0 Å². The molecule has 0 saturated carbocycles. The molecule has 0 radical (unpaired) electrons. The normalized spacial score (nSPS) is 17.6. The summed E-state index contributed by atoms with van der Waals surface area (Å²) in [5.41, 5.74) is 0. The van der Waals surface area contributed by atoms with Crippen LogP contribution in [0.15, 0.2) is 0 Å². The summed E-state index contributed by atoms with van der Waals surface area (Å²) in [6, 6.07) is 0. The standard InChI is InChI=1S/C13H22N2O5/c1-9(13(19)20)12(18)15-6-3-10(4-7-15)11(17)14-5-2-8-16/h9-10,16H,2-8H2,1H3,(H,14,17)(H,19,20). The summed E-state index contributed by atoms with van der Waals surface area (Å²) in [5, 5.41) is 20.2. The Kier molecular flexibility index (Phi) is 6.44. The van der Waals surface area contributed by atoms with Crippen LogP contribution in [-0.4, -0.2) is 59.1 Å². The number of rotatable bonds is 6. The van der Waals surface area contributed by atoms with Crippen molar-refractivity contribution in [3.63, 3.8) is 0 Å². The third-order valence-electron chi connectivity index (χ3n) is 3.55. The van der Waals surface area contributed by atoms with E-state index in [1.165, 1.54) is 11.8 Å². The number of carboxylic acid groups (broad SMARTS) is 1. The molecule has 114 valence electrons. The van der Waals surface area contributed by atoms with Crippen molar-refractivity contribution >= 4 is 17.8 Å². The van der Waals surface area contributed by atoms with E-state index >= 15 is 0 Å². The van der Waals surface area contributed by atoms with Crippen LogP contribution in [0.2, 0.25) is 0 Å². The van der Waals surface area contributed by atoms with Crippen molar-refractivity contribution < 1.29 is 24.6 Å². The van der Waals surface area contributed by atoms with E-state index in [-0.39, 0.29) is 18.4 Å². The maximum atomic E-state index is 11.8. The Labute approximate surface area is 117 Å². The largest absolute Gasteiger partial charge is 0.481 e. The second-order valence-corrected chi connectivity index (χ2v) is 5.03. The molecule has 1 aliphatic heterocycles. The average Bonchev–Trinajstić information content (AvgIpc) is 2.46. The second kappa shape index (κ2) is 7.84. The predicted octanol–water partition coefficient (Wildman–Crippen LogP) is -0.556. The zero-order chi connectivity index (χ0) is 15.1. The fourth-order valence-corrected chi connectivity index (χ4v) is 2.18. The van der Waals surface area contributed by atoms with Crippen molar-refractivity contribution in [1.82, 2.24) is 10.2 Å². The van der Waals surface area contributed by atoms with Gasteiger partial charge in [-0.15, -0.1) is 0 Å². The lowest BCUT2D eigenvalue weighted by molar-refractivity contribution is -0.151. The van der Waals surface area contributed by atoms with Gasteiger partial charge in [0.15, 0.2) is 0 Å². The molecule has 1 saturated heterocycles. The Balaban J connectivity index is 2.38. The Bertz CT molecular complexity index is 364. The minimum Gasteiger partial charge on any atom is -0.481 e. The van der Waals surface area contributed by atoms with E-state index in [9.17, 15) is 14.4 Å². The van der Waals surface area contributed by atoms with E-state index in [0.717, 1.165) is 0 Å². The van der Waals surface area contributed by atoms with Crippen LogP contribution in [0.1, 0.15) is 26.2 Å². The van der Waals surface area contributed by atoms with Gasteiger partial charge in [-0.25, -0.2) is 0 Å². The third kappa shape index (κ3) is 4.48. The number of piperidine rings is 1. The number of likely N-dealkylation sites (tertiary alicyclic amines) is 1. The van der Waals surface area contributed by atoms with Crippen molar-refractivity contribution in [1.29, 1.82) is 0 Å². The summed E-state index contributed by atoms with van der Waals surface area (Å²) in [6.45, 7) is 2.69. The van der Waals surface area contributed by atoms with Gasteiger partial charge in [-0.3, -0.25) is 14.4 Å². The summed E-state index contributed by atoms with van der Waals surface area (Å²) >= 11 is 0. The minimum atomic E-state index is -1.13. The molecule has 1 aliphatic rings. The Morgan fingerprint density at radius 1 is 1.30 bits per heavy atom. The summed E-state index contributed by atoms with van der Waals surface area (Å²) in [7, 11) is 0. The molecule has 1 atom stereocenters. The molecule has 2 amide bonds. The first-order valence-corrected chi connectivity index (χ1v) is 6.87. The smallest absolute Gasteiger partial charge is 0.315 e. The molecule has 0 aromatic rings. The van der Waals surface area contributed by atoms with Gasteiger partial charge in [0, 0.05) is 32.2 Å². The number of nitrogens with zero attached hydrogens (tertiary/aromatic N) is 1. The second-order valence-electron chi connectivity index (χ2n) is 5.03. The van der Waals surface area contributed by atoms with Crippen LogP contribution >= 0.6 is 0 Å². The van der Waals surface area contributed by atoms with Crippen LogP contribution < -0.4 is 5.32 Å². The number of hydrogen-bond acceptors (Lipinski definition) is 4. The summed E-state index contributed by atoms with van der Waals surface area (Å²) < 4.78 is 0. The van der Waals surface area contributed by atoms with Crippen molar-refractivity contribution in [2.75, 3.05) is 26.2 Å². The first-order valence-electron chi connectivity index (χ1n) is 6.87. The fraction of sp³-hybridized carbons (Fsp3) is 0.769. The number of aliphatic hydroxyl groups excluding tert-OH is 1. The topological polar surface area (TPSA) is 107 Å². The lowest BCUT2D eigenvalue weighted by Gasteiger charge is -2.32. The van der Waals surface area contributed by atoms with Crippen molar-refractivity contribution in [3.05, 3.63) is 0 Å². The van der Waals surface area contributed by atoms with Gasteiger partial charge in [-0.2, -0.15) is 0 Å². The van der Waals surface area contributed by atoms with Crippen LogP contribution in [0.3, 0.4) is 0 Å². The predicted molar refractivity (Wildman–Crippen MR) is 70.8 cm³/mol. The van der Waals surface area contributed by atoms with Crippen LogP contribution in [0.4, 0.5) is 0 Å². The maximum absolute atomic E-state index is 11.8. The lowest BCUT2D eigenvalue weighted by Crippen LogP contribution is -2.46. The summed E-state index contributed by atoms with van der Waals surface area (Å²) in [5.74, 6) is -2.75. The van der Waals surface area contributed by atoms with E-state index in [1.807, 2.05) is 0 Å². The highest BCUT2D eigenvalue weighted by Gasteiger charge is 2.31. The zero-order valence-electron chi connectivity index (χ0n) is 11.7. The van der Waals surface area contributed by atoms with Crippen LogP contribution in [0.5, 0.6) is 0 Å². The number of carbonyl (C=O) groups is 3. The highest BCUT2D eigenvalue weighted by atomic mass is 16.4. The average molecular weight is 286 g/mol. The molecule has 0 aromatic carbocycles. The van der Waals surface area contributed by atoms with E-state index in [2.05, 4.69) is 5.32 Å². The molecule has 0 aromatic heterocycles. The highest BCUT2D eigenvalue weighted by molar-refractivity contribution is 5.96. The molecule has 1 rings (SSSR count). The molecule has 0 bridgehead atoms. The quantitative estimate of drug-likeness (QED) is 0.448. The van der Waals surface area contributed by atoms with E-state index in [0.29, 0.717) is 38.9 Å². The molecule has 0 aliphatic carbocycles. The van der Waals surface area contributed by atoms with Gasteiger partial charge < -0.3 is 20.4 Å². The molecule has 1 unspecified atom stereocenters. The molecule has 20 heavy (non-hydrogen) atoms. The van der Waals surface area contributed by atoms with Crippen molar-refractivity contribution in [3.8, 4) is 0 Å². The first-order chi connectivity index (χ1) is 9.47. The summed E-state index contributed by atoms with van der Waals surface area (Å²) in [4.78, 5) is 35.9. The Morgan fingerprint density at radius 3 is 2.40 bits per heavy atom. The van der Waals surface area contributed by atoms with Gasteiger partial charge in [0.1, 0.15) is 5.92 Å². The maximum Gasteiger partial charge on any atom is 0.315 e. The lowest BCUT2D eigenvalue weighted by atomic mass is 9.95. The molecule has 1 fully saturated rings. The molecular weight excluding hydrogens is 264 g/mol. The number of hydrogen-bond donors (Lipinski definition) is 3. The van der Waals surface area contributed by atoms with Gasteiger partial charge in [-0.1, -0.05) is 0 Å². The Morgan fingerprint density at radius 2 is 1.90 bits per heavy atom. The summed E-state index contributed by atoms with van der Waals surface area (Å²) in [6.07, 6.45) is 1.62. The van der Waals surface area contributed by atoms with Crippen molar-refractivity contribution in [2.45, 2.75) is 26.2 Å². The number of nitrogens with one attached hydrogen (secondary N) is 1. The molecular formula is C13H22N2O5. The van der Waals surface area contributed by atoms with Crippen LogP contribution in [0, 0.1) is 11.8 Å². The van der Waals surface area contributed by atoms with Gasteiger partial charge in [-0.05, 0) is 26.2 Å². The van der Waals surface area contributed by atoms with Crippen LogP contribution in [-0.2, 0) is 14.4 Å². The molecule has 1 heterocycles. The fourth-order valence-electron chi connectivity index (χ4n) is 2.18. The van der Waals surface area contributed by atoms with E-state index < -0.39 is 17.8 Å². The molecule has 7 nitrogen and oxygen atoms in total. The monoisotopic (exact) mass is 286 g/mol. The third-order valence-corrected chi connectivity index (χ3v) is 3.55. The van der Waals surface area contributed by atoms with Gasteiger partial charge >= 0.3 is 5.97 Å².